The number of rotatable bonds is 6. The zero-order valence-corrected chi connectivity index (χ0v) is 19.8. The minimum absolute atomic E-state index is 0.0690. The molecule has 0 saturated carbocycles. The average Bonchev–Trinajstić information content (AvgIpc) is 3.15. The third-order valence-electron chi connectivity index (χ3n) is 6.35. The van der Waals surface area contributed by atoms with Gasteiger partial charge < -0.3 is 20.6 Å². The maximum Gasteiger partial charge on any atom is 0.156 e. The van der Waals surface area contributed by atoms with E-state index in [9.17, 15) is 0 Å². The first-order valence-corrected chi connectivity index (χ1v) is 11.4. The summed E-state index contributed by atoms with van der Waals surface area (Å²) in [5, 5.41) is 21.5. The van der Waals surface area contributed by atoms with Crippen molar-refractivity contribution in [2.75, 3.05) is 40.3 Å². The van der Waals surface area contributed by atoms with Crippen molar-refractivity contribution < 1.29 is 4.39 Å². The Bertz CT molecular complexity index is 1180. The zero-order valence-electron chi connectivity index (χ0n) is 19.8. The van der Waals surface area contributed by atoms with Gasteiger partial charge in [0.2, 0.25) is 0 Å². The van der Waals surface area contributed by atoms with E-state index in [4.69, 9.17) is 10.8 Å². The van der Waals surface area contributed by atoms with Crippen LogP contribution in [-0.4, -0.2) is 76.1 Å². The number of allylic oxidation sites excluding steroid dienone is 6. The van der Waals surface area contributed by atoms with Crippen LogP contribution >= 0.6 is 0 Å². The highest BCUT2D eigenvalue weighted by Gasteiger charge is 2.24. The molecule has 2 aliphatic rings. The van der Waals surface area contributed by atoms with E-state index >= 15 is 4.39 Å². The monoisotopic (exact) mass is 449 g/mol. The summed E-state index contributed by atoms with van der Waals surface area (Å²) in [7, 11) is 4.15. The van der Waals surface area contributed by atoms with E-state index in [1.165, 1.54) is 6.08 Å². The van der Waals surface area contributed by atoms with Crippen LogP contribution in [0.5, 0.6) is 0 Å². The van der Waals surface area contributed by atoms with Crippen LogP contribution in [0.15, 0.2) is 41.9 Å². The fourth-order valence-corrected chi connectivity index (χ4v) is 4.38. The van der Waals surface area contributed by atoms with Gasteiger partial charge in [-0.2, -0.15) is 5.10 Å². The maximum absolute atomic E-state index is 15.1. The maximum atomic E-state index is 15.1. The lowest BCUT2D eigenvalue weighted by Crippen LogP contribution is -2.39. The molecule has 3 heterocycles. The van der Waals surface area contributed by atoms with Crippen molar-refractivity contribution in [1.29, 1.82) is 10.8 Å². The molecule has 1 fully saturated rings. The second-order valence-electron chi connectivity index (χ2n) is 9.30. The molecule has 0 unspecified atom stereocenters. The molecule has 7 nitrogen and oxygen atoms in total. The van der Waals surface area contributed by atoms with Crippen LogP contribution in [-0.2, 0) is 0 Å². The Morgan fingerprint density at radius 2 is 1.97 bits per heavy atom. The van der Waals surface area contributed by atoms with E-state index in [1.54, 1.807) is 16.7 Å². The number of hydrogen-bond donors (Lipinski definition) is 2. The van der Waals surface area contributed by atoms with Gasteiger partial charge in [0.05, 0.1) is 23.3 Å². The molecule has 2 aromatic heterocycles. The molecule has 0 spiro atoms. The highest BCUT2D eigenvalue weighted by Crippen LogP contribution is 2.29. The van der Waals surface area contributed by atoms with Crippen LogP contribution in [0.4, 0.5) is 4.39 Å². The quantitative estimate of drug-likeness (QED) is 0.657. The van der Waals surface area contributed by atoms with Gasteiger partial charge in [-0.25, -0.2) is 13.9 Å². The molecular formula is C25H32FN7. The number of aromatic nitrogens is 3. The second kappa shape index (κ2) is 9.49. The molecule has 2 aromatic rings. The molecular weight excluding hydrogens is 417 g/mol. The van der Waals surface area contributed by atoms with E-state index in [-0.39, 0.29) is 17.2 Å². The first kappa shape index (κ1) is 23.2. The first-order chi connectivity index (χ1) is 15.7. The fraction of sp³-hybridized carbons (Fsp3) is 0.440. The van der Waals surface area contributed by atoms with Crippen molar-refractivity contribution in [3.05, 3.63) is 58.8 Å². The third-order valence-corrected chi connectivity index (χ3v) is 6.35. The van der Waals surface area contributed by atoms with E-state index in [1.807, 2.05) is 26.1 Å². The lowest BCUT2D eigenvalue weighted by molar-refractivity contribution is 0.191. The minimum Gasteiger partial charge on any atom is -0.308 e. The number of nitrogens with zero attached hydrogens (tertiary/aromatic N) is 5. The highest BCUT2D eigenvalue weighted by molar-refractivity contribution is 6.18. The fourth-order valence-electron chi connectivity index (χ4n) is 4.38. The van der Waals surface area contributed by atoms with Gasteiger partial charge in [-0.15, -0.1) is 0 Å². The van der Waals surface area contributed by atoms with Crippen molar-refractivity contribution >= 4 is 22.6 Å². The number of halogens is 1. The van der Waals surface area contributed by atoms with Crippen molar-refractivity contribution in [2.24, 2.45) is 5.92 Å². The van der Waals surface area contributed by atoms with Crippen LogP contribution in [0.1, 0.15) is 29.8 Å². The Balaban J connectivity index is 1.47. The molecule has 1 saturated heterocycles. The number of nitrogens with one attached hydrogen (secondary N) is 2. The molecule has 2 N–H and O–H groups in total. The molecule has 0 radical (unpaired) electrons. The van der Waals surface area contributed by atoms with Gasteiger partial charge in [0.15, 0.2) is 5.65 Å². The van der Waals surface area contributed by atoms with Gasteiger partial charge >= 0.3 is 0 Å². The molecule has 174 valence electrons. The molecule has 1 aliphatic heterocycles. The van der Waals surface area contributed by atoms with Crippen LogP contribution in [0.3, 0.4) is 0 Å². The summed E-state index contributed by atoms with van der Waals surface area (Å²) < 4.78 is 16.8. The summed E-state index contributed by atoms with van der Waals surface area (Å²) in [5.74, 6) is -0.387. The lowest BCUT2D eigenvalue weighted by atomic mass is 9.88. The summed E-state index contributed by atoms with van der Waals surface area (Å²) >= 11 is 0. The number of fused-ring (bicyclic) bond motifs is 1. The Hall–Kier alpha value is -2.97. The van der Waals surface area contributed by atoms with Crippen LogP contribution in [0, 0.1) is 30.6 Å². The molecule has 4 rings (SSSR count). The summed E-state index contributed by atoms with van der Waals surface area (Å²) in [4.78, 5) is 9.05. The van der Waals surface area contributed by atoms with Crippen LogP contribution in [0.25, 0.3) is 11.2 Å². The van der Waals surface area contributed by atoms with Gasteiger partial charge in [-0.3, -0.25) is 0 Å². The Kier molecular flexibility index (Phi) is 6.67. The topological polar surface area (TPSA) is 84.4 Å². The van der Waals surface area contributed by atoms with E-state index in [0.29, 0.717) is 17.0 Å². The van der Waals surface area contributed by atoms with E-state index < -0.39 is 5.83 Å². The number of likely N-dealkylation sites (tertiary alicyclic amines) is 1. The Morgan fingerprint density at radius 3 is 2.64 bits per heavy atom. The largest absolute Gasteiger partial charge is 0.308 e. The lowest BCUT2D eigenvalue weighted by Gasteiger charge is -2.32. The molecule has 0 bridgehead atoms. The van der Waals surface area contributed by atoms with Crippen molar-refractivity contribution in [2.45, 2.75) is 26.7 Å². The molecule has 8 heteroatoms. The van der Waals surface area contributed by atoms with Crippen molar-refractivity contribution in [1.82, 2.24) is 24.4 Å². The van der Waals surface area contributed by atoms with Crippen LogP contribution < -0.4 is 0 Å². The molecule has 0 aromatic carbocycles. The number of aryl methyl sites for hydroxylation is 2. The van der Waals surface area contributed by atoms with E-state index in [0.717, 1.165) is 55.9 Å². The Morgan fingerprint density at radius 1 is 1.24 bits per heavy atom. The number of likely N-dealkylation sites (N-methyl/N-ethyl adjacent to an activating group) is 1. The third kappa shape index (κ3) is 5.17. The zero-order chi connectivity index (χ0) is 23.7. The summed E-state index contributed by atoms with van der Waals surface area (Å²) in [5.41, 5.74) is 4.37. The Labute approximate surface area is 194 Å². The standard InChI is InChI=1S/C25H32FN7/c1-16-11-24(30-33-15-17(2)29-25(16)33)19-12-21(26)20(23(28)13-19)14-22(27)18-5-7-32(8-6-18)10-9-31(3)4/h11-15,18,27-28H,5-10H2,1-4H3/b20-14-,27-22?,28-23?. The van der Waals surface area contributed by atoms with Crippen LogP contribution in [0.2, 0.25) is 0 Å². The average molecular weight is 450 g/mol. The van der Waals surface area contributed by atoms with Crippen molar-refractivity contribution in [3.8, 4) is 0 Å². The van der Waals surface area contributed by atoms with Gasteiger partial charge in [0.25, 0.3) is 0 Å². The summed E-state index contributed by atoms with van der Waals surface area (Å²) in [6.45, 7) is 7.80. The minimum atomic E-state index is -0.493. The molecule has 0 atom stereocenters. The predicted octanol–water partition coefficient (Wildman–Crippen LogP) is 3.84. The molecule has 0 amide bonds. The summed E-state index contributed by atoms with van der Waals surface area (Å²) in [6.07, 6.45) is 8.20. The normalized spacial score (nSPS) is 19.5. The smallest absolute Gasteiger partial charge is 0.156 e. The predicted molar refractivity (Wildman–Crippen MR) is 131 cm³/mol. The number of piperidine rings is 1. The molecule has 33 heavy (non-hydrogen) atoms. The van der Waals surface area contributed by atoms with Gasteiger partial charge in [-0.05, 0) is 83.7 Å². The van der Waals surface area contributed by atoms with Crippen molar-refractivity contribution in [3.63, 3.8) is 0 Å². The van der Waals surface area contributed by atoms with Gasteiger partial charge in [0, 0.05) is 35.9 Å². The highest BCUT2D eigenvalue weighted by atomic mass is 19.1. The van der Waals surface area contributed by atoms with Gasteiger partial charge in [0.1, 0.15) is 5.83 Å². The number of hydrogen-bond acceptors (Lipinski definition) is 6. The molecule has 1 aliphatic carbocycles. The SMILES string of the molecule is Cc1cn2nc(C3=CC(=N)/C(=C\C(=N)C4CCN(CCN(C)C)CC4)C(F)=C3)cc(C)c2n1. The summed E-state index contributed by atoms with van der Waals surface area (Å²) in [6, 6.07) is 1.87. The van der Waals surface area contributed by atoms with E-state index in [2.05, 4.69) is 34.0 Å². The first-order valence-electron chi connectivity index (χ1n) is 11.4. The number of imidazole rings is 1. The van der Waals surface area contributed by atoms with Gasteiger partial charge in [-0.1, -0.05) is 0 Å². The second-order valence-corrected chi connectivity index (χ2v) is 9.30.